The third-order valence-corrected chi connectivity index (χ3v) is 5.03. The van der Waals surface area contributed by atoms with Gasteiger partial charge in [0.25, 0.3) is 5.91 Å². The number of aromatic nitrogens is 1. The number of benzene rings is 2. The fraction of sp³-hybridized carbons (Fsp3) is 0.227. The molecule has 1 N–H and O–H groups in total. The van der Waals surface area contributed by atoms with E-state index in [4.69, 9.17) is 21.1 Å². The molecule has 0 atom stereocenters. The molecule has 1 aromatic heterocycles. The lowest BCUT2D eigenvalue weighted by molar-refractivity contribution is -0.119. The molecule has 0 bridgehead atoms. The van der Waals surface area contributed by atoms with Crippen molar-refractivity contribution in [2.75, 3.05) is 19.0 Å². The predicted octanol–water partition coefficient (Wildman–Crippen LogP) is 4.62. The number of pyridine rings is 1. The molecule has 0 aliphatic carbocycles. The number of fused-ring (bicyclic) bond motifs is 1. The van der Waals surface area contributed by atoms with Gasteiger partial charge in [-0.15, -0.1) is 0 Å². The van der Waals surface area contributed by atoms with Gasteiger partial charge in [-0.05, 0) is 44.0 Å². The van der Waals surface area contributed by atoms with E-state index < -0.39 is 18.5 Å². The lowest BCUT2D eigenvalue weighted by atomic mass is 10.0. The van der Waals surface area contributed by atoms with Crippen molar-refractivity contribution in [1.82, 2.24) is 4.98 Å². The van der Waals surface area contributed by atoms with Gasteiger partial charge in [-0.25, -0.2) is 4.79 Å². The number of aryl methyl sites for hydroxylation is 3. The maximum atomic E-state index is 12.6. The first-order valence-electron chi connectivity index (χ1n) is 8.99. The van der Waals surface area contributed by atoms with Gasteiger partial charge in [0.15, 0.2) is 6.61 Å². The smallest absolute Gasteiger partial charge is 0.340 e. The van der Waals surface area contributed by atoms with Crippen LogP contribution < -0.4 is 10.1 Å². The first-order valence-corrected chi connectivity index (χ1v) is 9.36. The average molecular weight is 413 g/mol. The van der Waals surface area contributed by atoms with E-state index in [1.165, 1.54) is 7.11 Å². The molecule has 0 aliphatic heterocycles. The van der Waals surface area contributed by atoms with E-state index in [1.807, 2.05) is 38.1 Å². The van der Waals surface area contributed by atoms with Crippen LogP contribution in [0.15, 0.2) is 36.4 Å². The van der Waals surface area contributed by atoms with Gasteiger partial charge in [0.05, 0.1) is 29.6 Å². The van der Waals surface area contributed by atoms with Crippen LogP contribution in [0.2, 0.25) is 5.02 Å². The number of esters is 1. The molecule has 3 rings (SSSR count). The van der Waals surface area contributed by atoms with Crippen LogP contribution >= 0.6 is 11.6 Å². The fourth-order valence-corrected chi connectivity index (χ4v) is 3.30. The van der Waals surface area contributed by atoms with Gasteiger partial charge in [-0.2, -0.15) is 0 Å². The van der Waals surface area contributed by atoms with Crippen LogP contribution in [0.4, 0.5) is 5.69 Å². The highest BCUT2D eigenvalue weighted by atomic mass is 35.5. The molecule has 29 heavy (non-hydrogen) atoms. The number of amides is 1. The van der Waals surface area contributed by atoms with Gasteiger partial charge in [-0.1, -0.05) is 29.8 Å². The van der Waals surface area contributed by atoms with E-state index in [0.717, 1.165) is 22.0 Å². The lowest BCUT2D eigenvalue weighted by Gasteiger charge is -2.14. The van der Waals surface area contributed by atoms with Gasteiger partial charge >= 0.3 is 5.97 Å². The van der Waals surface area contributed by atoms with Crippen LogP contribution in [0.5, 0.6) is 5.75 Å². The van der Waals surface area contributed by atoms with E-state index in [2.05, 4.69) is 10.3 Å². The second-order valence-electron chi connectivity index (χ2n) is 6.64. The standard InChI is InChI=1S/C22H21ClN2O4/c1-12-9-18(19(28-4)10-16(12)23)25-20(26)11-29-22(27)21-13(2)15-7-5-6-8-17(15)24-14(21)3/h5-10H,11H2,1-4H3,(H,25,26). The number of halogens is 1. The molecule has 0 unspecified atom stereocenters. The third kappa shape index (κ3) is 4.32. The Hall–Kier alpha value is -3.12. The zero-order chi connectivity index (χ0) is 21.1. The largest absolute Gasteiger partial charge is 0.495 e. The second kappa shape index (κ2) is 8.49. The summed E-state index contributed by atoms with van der Waals surface area (Å²) in [6.07, 6.45) is 0. The molecule has 1 amide bonds. The summed E-state index contributed by atoms with van der Waals surface area (Å²) >= 11 is 6.07. The first-order chi connectivity index (χ1) is 13.8. The van der Waals surface area contributed by atoms with Crippen LogP contribution in [-0.2, 0) is 9.53 Å². The van der Waals surface area contributed by atoms with Gasteiger partial charge in [-0.3, -0.25) is 9.78 Å². The Balaban J connectivity index is 1.74. The van der Waals surface area contributed by atoms with Crippen molar-refractivity contribution in [1.29, 1.82) is 0 Å². The average Bonchev–Trinajstić information content (AvgIpc) is 2.69. The minimum absolute atomic E-state index is 0.372. The number of carbonyl (C=O) groups is 2. The molecular weight excluding hydrogens is 392 g/mol. The van der Waals surface area contributed by atoms with E-state index in [0.29, 0.717) is 27.7 Å². The normalized spacial score (nSPS) is 10.7. The zero-order valence-electron chi connectivity index (χ0n) is 16.6. The highest BCUT2D eigenvalue weighted by Gasteiger charge is 2.19. The number of para-hydroxylation sites is 1. The molecule has 0 saturated heterocycles. The third-order valence-electron chi connectivity index (χ3n) is 4.63. The molecule has 2 aromatic carbocycles. The second-order valence-corrected chi connectivity index (χ2v) is 7.05. The molecule has 0 saturated carbocycles. The highest BCUT2D eigenvalue weighted by Crippen LogP contribution is 2.31. The maximum absolute atomic E-state index is 12.6. The maximum Gasteiger partial charge on any atom is 0.340 e. The SMILES string of the molecule is COc1cc(Cl)c(C)cc1NC(=O)COC(=O)c1c(C)nc2ccccc2c1C. The van der Waals surface area contributed by atoms with Gasteiger partial charge < -0.3 is 14.8 Å². The molecule has 0 fully saturated rings. The van der Waals surface area contributed by atoms with E-state index >= 15 is 0 Å². The topological polar surface area (TPSA) is 77.5 Å². The summed E-state index contributed by atoms with van der Waals surface area (Å²) < 4.78 is 10.5. The molecule has 6 nitrogen and oxygen atoms in total. The van der Waals surface area contributed by atoms with Crippen molar-refractivity contribution >= 4 is 40.1 Å². The number of nitrogens with one attached hydrogen (secondary N) is 1. The number of anilines is 1. The molecular formula is C22H21ClN2O4. The Morgan fingerprint density at radius 1 is 1.14 bits per heavy atom. The van der Waals surface area contributed by atoms with Gasteiger partial charge in [0.1, 0.15) is 5.75 Å². The minimum atomic E-state index is -0.590. The van der Waals surface area contributed by atoms with Crippen molar-refractivity contribution in [3.8, 4) is 5.75 Å². The zero-order valence-corrected chi connectivity index (χ0v) is 17.4. The molecule has 0 radical (unpaired) electrons. The fourth-order valence-electron chi connectivity index (χ4n) is 3.15. The Morgan fingerprint density at radius 3 is 2.59 bits per heavy atom. The number of rotatable bonds is 5. The first kappa shape index (κ1) is 20.6. The summed E-state index contributed by atoms with van der Waals surface area (Å²) in [5.41, 5.74) is 3.75. The summed E-state index contributed by atoms with van der Waals surface area (Å²) in [5.74, 6) is -0.652. The van der Waals surface area contributed by atoms with Gasteiger partial charge in [0.2, 0.25) is 0 Å². The summed E-state index contributed by atoms with van der Waals surface area (Å²) in [4.78, 5) is 29.4. The van der Waals surface area contributed by atoms with Crippen LogP contribution in [0.1, 0.15) is 27.2 Å². The molecule has 0 spiro atoms. The molecule has 1 heterocycles. The minimum Gasteiger partial charge on any atom is -0.495 e. The Bertz CT molecular complexity index is 1110. The van der Waals surface area contributed by atoms with Crippen LogP contribution in [0.25, 0.3) is 10.9 Å². The van der Waals surface area contributed by atoms with E-state index in [-0.39, 0.29) is 0 Å². The Kier molecular flexibility index (Phi) is 6.03. The molecule has 150 valence electrons. The van der Waals surface area contributed by atoms with Crippen LogP contribution in [-0.4, -0.2) is 30.6 Å². The molecule has 3 aromatic rings. The van der Waals surface area contributed by atoms with Crippen molar-refractivity contribution in [2.45, 2.75) is 20.8 Å². The van der Waals surface area contributed by atoms with Crippen molar-refractivity contribution in [3.63, 3.8) is 0 Å². The Labute approximate surface area is 173 Å². The lowest BCUT2D eigenvalue weighted by Crippen LogP contribution is -2.22. The molecule has 7 heteroatoms. The molecule has 0 aliphatic rings. The van der Waals surface area contributed by atoms with Crippen LogP contribution in [0, 0.1) is 20.8 Å². The summed E-state index contributed by atoms with van der Waals surface area (Å²) in [6.45, 7) is 4.97. The van der Waals surface area contributed by atoms with E-state index in [1.54, 1.807) is 19.1 Å². The van der Waals surface area contributed by atoms with Crippen molar-refractivity contribution in [2.24, 2.45) is 0 Å². The number of hydrogen-bond acceptors (Lipinski definition) is 5. The summed E-state index contributed by atoms with van der Waals surface area (Å²) in [6, 6.07) is 10.9. The Morgan fingerprint density at radius 2 is 1.86 bits per heavy atom. The predicted molar refractivity (Wildman–Crippen MR) is 113 cm³/mol. The van der Waals surface area contributed by atoms with Crippen molar-refractivity contribution < 1.29 is 19.1 Å². The highest BCUT2D eigenvalue weighted by molar-refractivity contribution is 6.31. The van der Waals surface area contributed by atoms with Crippen LogP contribution in [0.3, 0.4) is 0 Å². The number of hydrogen-bond donors (Lipinski definition) is 1. The quantitative estimate of drug-likeness (QED) is 0.619. The summed E-state index contributed by atoms with van der Waals surface area (Å²) in [5, 5.41) is 4.08. The monoisotopic (exact) mass is 412 g/mol. The number of ether oxygens (including phenoxy) is 2. The summed E-state index contributed by atoms with van der Waals surface area (Å²) in [7, 11) is 1.48. The number of methoxy groups -OCH3 is 1. The number of carbonyl (C=O) groups excluding carboxylic acids is 2. The van der Waals surface area contributed by atoms with E-state index in [9.17, 15) is 9.59 Å². The van der Waals surface area contributed by atoms with Crippen molar-refractivity contribution in [3.05, 3.63) is 63.8 Å². The van der Waals surface area contributed by atoms with Gasteiger partial charge in [0, 0.05) is 16.5 Å². The number of nitrogens with zero attached hydrogens (tertiary/aromatic N) is 1.